The Balaban J connectivity index is 0.000000845. The molecule has 2 rings (SSSR count). The van der Waals surface area contributed by atoms with E-state index in [0.717, 1.165) is 10.2 Å². The maximum atomic E-state index is 12.7. The highest BCUT2D eigenvalue weighted by Crippen LogP contribution is 2.25. The summed E-state index contributed by atoms with van der Waals surface area (Å²) in [5, 5.41) is 0.593. The number of rotatable bonds is 1. The van der Waals surface area contributed by atoms with Crippen LogP contribution >= 0.6 is 23.7 Å². The minimum Gasteiger partial charge on any atom is -0.300 e. The van der Waals surface area contributed by atoms with Crippen LogP contribution < -0.4 is 11.3 Å². The third-order valence-corrected chi connectivity index (χ3v) is 2.42. The van der Waals surface area contributed by atoms with Crippen LogP contribution in [0.3, 0.4) is 0 Å². The number of halogens is 2. The predicted octanol–water partition coefficient (Wildman–Crippen LogP) is 2.14. The van der Waals surface area contributed by atoms with Gasteiger partial charge >= 0.3 is 0 Å². The molecule has 1 aromatic carbocycles. The number of nitrogens with two attached hydrogens (primary N) is 1. The molecule has 1 heterocycles. The Morgan fingerprint density at radius 1 is 1.46 bits per heavy atom. The largest absolute Gasteiger partial charge is 0.300 e. The Morgan fingerprint density at radius 2 is 2.23 bits per heavy atom. The van der Waals surface area contributed by atoms with Crippen molar-refractivity contribution in [1.29, 1.82) is 0 Å². The molecule has 0 bridgehead atoms. The SMILES string of the molecule is Cl.NNc1nc2ccc(F)cc2s1. The Bertz CT molecular complexity index is 417. The number of nitrogen functional groups attached to an aromatic ring is 1. The average molecular weight is 220 g/mol. The smallest absolute Gasteiger partial charge is 0.198 e. The number of benzene rings is 1. The van der Waals surface area contributed by atoms with E-state index in [9.17, 15) is 4.39 Å². The van der Waals surface area contributed by atoms with Crippen LogP contribution in [0.15, 0.2) is 18.2 Å². The zero-order chi connectivity index (χ0) is 8.55. The Hall–Kier alpha value is -0.910. The molecule has 0 fully saturated rings. The summed E-state index contributed by atoms with van der Waals surface area (Å²) in [5.41, 5.74) is 3.18. The molecule has 6 heteroatoms. The average Bonchev–Trinajstić information content (AvgIpc) is 2.46. The normalized spacial score (nSPS) is 9.69. The van der Waals surface area contributed by atoms with Gasteiger partial charge in [-0.15, -0.1) is 12.4 Å². The number of nitrogens with one attached hydrogen (secondary N) is 1. The van der Waals surface area contributed by atoms with Crippen LogP contribution in [0.5, 0.6) is 0 Å². The van der Waals surface area contributed by atoms with Crippen molar-refractivity contribution in [3.63, 3.8) is 0 Å². The maximum Gasteiger partial charge on any atom is 0.198 e. The number of anilines is 1. The number of hydrogen-bond acceptors (Lipinski definition) is 4. The molecule has 13 heavy (non-hydrogen) atoms. The van der Waals surface area contributed by atoms with E-state index < -0.39 is 0 Å². The van der Waals surface area contributed by atoms with Crippen molar-refractivity contribution in [2.24, 2.45) is 5.84 Å². The van der Waals surface area contributed by atoms with Gasteiger partial charge in [0.25, 0.3) is 0 Å². The maximum absolute atomic E-state index is 12.7. The van der Waals surface area contributed by atoms with Crippen LogP contribution in [-0.4, -0.2) is 4.98 Å². The fourth-order valence-electron chi connectivity index (χ4n) is 0.960. The molecule has 2 aromatic rings. The summed E-state index contributed by atoms with van der Waals surface area (Å²) in [4.78, 5) is 4.09. The number of aromatic nitrogens is 1. The monoisotopic (exact) mass is 219 g/mol. The molecule has 0 aliphatic rings. The van der Waals surface area contributed by atoms with Gasteiger partial charge in [0.2, 0.25) is 0 Å². The van der Waals surface area contributed by atoms with Crippen LogP contribution in [0.4, 0.5) is 9.52 Å². The van der Waals surface area contributed by atoms with E-state index in [2.05, 4.69) is 10.4 Å². The molecule has 3 nitrogen and oxygen atoms in total. The minimum atomic E-state index is -0.255. The lowest BCUT2D eigenvalue weighted by atomic mass is 10.3. The van der Waals surface area contributed by atoms with Gasteiger partial charge in [0, 0.05) is 0 Å². The summed E-state index contributed by atoms with van der Waals surface area (Å²) < 4.78 is 13.5. The third-order valence-electron chi connectivity index (χ3n) is 1.47. The Labute approximate surface area is 84.2 Å². The molecule has 0 saturated heterocycles. The van der Waals surface area contributed by atoms with Crippen LogP contribution in [0.2, 0.25) is 0 Å². The van der Waals surface area contributed by atoms with Gasteiger partial charge in [-0.25, -0.2) is 15.2 Å². The van der Waals surface area contributed by atoms with E-state index in [4.69, 9.17) is 5.84 Å². The van der Waals surface area contributed by atoms with Crippen molar-refractivity contribution in [3.8, 4) is 0 Å². The van der Waals surface area contributed by atoms with E-state index in [0.29, 0.717) is 5.13 Å². The Morgan fingerprint density at radius 3 is 2.92 bits per heavy atom. The standard InChI is InChI=1S/C7H6FN3S.ClH/c8-4-1-2-5-6(3-4)12-7(10-5)11-9;/h1-3H,9H2,(H,10,11);1H. The molecule has 0 atom stereocenters. The lowest BCUT2D eigenvalue weighted by Gasteiger charge is -1.85. The van der Waals surface area contributed by atoms with Gasteiger partial charge in [-0.1, -0.05) is 11.3 Å². The van der Waals surface area contributed by atoms with Crippen LogP contribution in [0.1, 0.15) is 0 Å². The molecule has 0 aliphatic heterocycles. The molecule has 70 valence electrons. The summed E-state index contributed by atoms with van der Waals surface area (Å²) in [6.07, 6.45) is 0. The second-order valence-corrected chi connectivity index (χ2v) is 3.31. The van der Waals surface area contributed by atoms with Crippen LogP contribution in [0, 0.1) is 5.82 Å². The van der Waals surface area contributed by atoms with Crippen LogP contribution in [-0.2, 0) is 0 Å². The van der Waals surface area contributed by atoms with Crippen molar-refractivity contribution in [2.45, 2.75) is 0 Å². The number of fused-ring (bicyclic) bond motifs is 1. The highest BCUT2D eigenvalue weighted by atomic mass is 35.5. The quantitative estimate of drug-likeness (QED) is 0.571. The molecule has 0 aliphatic carbocycles. The second kappa shape index (κ2) is 3.87. The van der Waals surface area contributed by atoms with Crippen molar-refractivity contribution in [3.05, 3.63) is 24.0 Å². The third kappa shape index (κ3) is 1.88. The number of hydrazine groups is 1. The summed E-state index contributed by atoms with van der Waals surface area (Å²) in [6, 6.07) is 4.44. The molecular weight excluding hydrogens is 213 g/mol. The van der Waals surface area contributed by atoms with Crippen molar-refractivity contribution >= 4 is 39.1 Å². The molecule has 3 N–H and O–H groups in total. The van der Waals surface area contributed by atoms with E-state index in [1.807, 2.05) is 0 Å². The van der Waals surface area contributed by atoms with E-state index >= 15 is 0 Å². The highest BCUT2D eigenvalue weighted by molar-refractivity contribution is 7.22. The lowest BCUT2D eigenvalue weighted by molar-refractivity contribution is 0.630. The zero-order valence-corrected chi connectivity index (χ0v) is 8.08. The van der Waals surface area contributed by atoms with Gasteiger partial charge in [0.1, 0.15) is 5.82 Å². The highest BCUT2D eigenvalue weighted by Gasteiger charge is 2.02. The number of thiazole rings is 1. The van der Waals surface area contributed by atoms with E-state index in [-0.39, 0.29) is 18.2 Å². The first-order valence-electron chi connectivity index (χ1n) is 3.32. The first-order valence-corrected chi connectivity index (χ1v) is 4.14. The van der Waals surface area contributed by atoms with Gasteiger partial charge in [-0.05, 0) is 18.2 Å². The molecule has 1 aromatic heterocycles. The zero-order valence-electron chi connectivity index (χ0n) is 6.45. The first kappa shape index (κ1) is 10.2. The van der Waals surface area contributed by atoms with Crippen molar-refractivity contribution in [1.82, 2.24) is 4.98 Å². The molecule has 0 amide bonds. The van der Waals surface area contributed by atoms with Crippen molar-refractivity contribution < 1.29 is 4.39 Å². The molecule has 0 saturated carbocycles. The number of nitrogens with zero attached hydrogens (tertiary/aromatic N) is 1. The molecule has 0 radical (unpaired) electrons. The van der Waals surface area contributed by atoms with Gasteiger partial charge in [-0.2, -0.15) is 0 Å². The van der Waals surface area contributed by atoms with Crippen LogP contribution in [0.25, 0.3) is 10.2 Å². The number of hydrogen-bond donors (Lipinski definition) is 2. The molecular formula is C7H7ClFN3S. The topological polar surface area (TPSA) is 50.9 Å². The summed E-state index contributed by atoms with van der Waals surface area (Å²) in [6.45, 7) is 0. The van der Waals surface area contributed by atoms with Gasteiger partial charge in [0.15, 0.2) is 5.13 Å². The van der Waals surface area contributed by atoms with Gasteiger partial charge in [-0.3, -0.25) is 5.43 Å². The fourth-order valence-corrected chi connectivity index (χ4v) is 1.76. The van der Waals surface area contributed by atoms with E-state index in [1.165, 1.54) is 23.5 Å². The second-order valence-electron chi connectivity index (χ2n) is 2.28. The first-order chi connectivity index (χ1) is 5.79. The summed E-state index contributed by atoms with van der Waals surface area (Å²) >= 11 is 1.32. The fraction of sp³-hybridized carbons (Fsp3) is 0. The molecule has 0 unspecified atom stereocenters. The predicted molar refractivity (Wildman–Crippen MR) is 54.6 cm³/mol. The Kier molecular flexibility index (Phi) is 3.02. The van der Waals surface area contributed by atoms with Gasteiger partial charge < -0.3 is 0 Å². The van der Waals surface area contributed by atoms with E-state index in [1.54, 1.807) is 6.07 Å². The minimum absolute atomic E-state index is 0. The summed E-state index contributed by atoms with van der Waals surface area (Å²) in [5.74, 6) is 4.90. The lowest BCUT2D eigenvalue weighted by Crippen LogP contribution is -2.05. The molecule has 0 spiro atoms. The van der Waals surface area contributed by atoms with Gasteiger partial charge in [0.05, 0.1) is 10.2 Å². The van der Waals surface area contributed by atoms with Crippen molar-refractivity contribution in [2.75, 3.05) is 5.43 Å². The summed E-state index contributed by atoms with van der Waals surface area (Å²) in [7, 11) is 0.